The van der Waals surface area contributed by atoms with E-state index in [1.807, 2.05) is 4.90 Å². The van der Waals surface area contributed by atoms with Crippen LogP contribution in [0, 0.1) is 5.92 Å². The van der Waals surface area contributed by atoms with Crippen molar-refractivity contribution in [3.8, 4) is 0 Å². The van der Waals surface area contributed by atoms with Gasteiger partial charge < -0.3 is 10.2 Å². The number of hydrogen-bond donors (Lipinski definition) is 2. The van der Waals surface area contributed by atoms with E-state index < -0.39 is 0 Å². The van der Waals surface area contributed by atoms with Crippen LogP contribution in [0.4, 0.5) is 0 Å². The van der Waals surface area contributed by atoms with Crippen LogP contribution in [-0.4, -0.2) is 51.7 Å². The highest BCUT2D eigenvalue weighted by Gasteiger charge is 2.37. The molecule has 3 heterocycles. The number of hydrogen-bond acceptors (Lipinski definition) is 4. The van der Waals surface area contributed by atoms with E-state index in [1.54, 1.807) is 0 Å². The quantitative estimate of drug-likeness (QED) is 0.836. The number of likely N-dealkylation sites (tertiary alicyclic amines) is 1. The Kier molecular flexibility index (Phi) is 3.50. The van der Waals surface area contributed by atoms with Gasteiger partial charge in [0, 0.05) is 25.6 Å². The first-order chi connectivity index (χ1) is 9.28. The van der Waals surface area contributed by atoms with Crippen LogP contribution in [0.1, 0.15) is 42.6 Å². The zero-order valence-electron chi connectivity index (χ0n) is 11.4. The van der Waals surface area contributed by atoms with Crippen LogP contribution in [0.5, 0.6) is 0 Å². The number of aryl methyl sites for hydroxylation is 1. The highest BCUT2D eigenvalue weighted by molar-refractivity contribution is 5.90. The van der Waals surface area contributed by atoms with E-state index in [1.165, 1.54) is 12.8 Å². The number of carbonyl (C=O) groups is 1. The summed E-state index contributed by atoms with van der Waals surface area (Å²) < 4.78 is 0. The standard InChI is InChI=1S/C13H21N5O/c1-2-4-11-15-12(17-16-11)13(19)18-7-9-5-3-6-14-10(9)8-18/h9-10,14H,2-8H2,1H3,(H,15,16,17)/t9-,10+/m0/s1. The highest BCUT2D eigenvalue weighted by atomic mass is 16.2. The molecule has 0 radical (unpaired) electrons. The summed E-state index contributed by atoms with van der Waals surface area (Å²) in [5.41, 5.74) is 0. The van der Waals surface area contributed by atoms with Gasteiger partial charge in [-0.1, -0.05) is 6.92 Å². The fourth-order valence-corrected chi connectivity index (χ4v) is 3.09. The predicted molar refractivity (Wildman–Crippen MR) is 70.8 cm³/mol. The van der Waals surface area contributed by atoms with Crippen LogP contribution in [0.2, 0.25) is 0 Å². The molecule has 2 N–H and O–H groups in total. The molecule has 1 amide bonds. The van der Waals surface area contributed by atoms with Gasteiger partial charge in [-0.2, -0.15) is 0 Å². The second-order valence-corrected chi connectivity index (χ2v) is 5.53. The van der Waals surface area contributed by atoms with Crippen LogP contribution in [0.15, 0.2) is 0 Å². The number of nitrogens with one attached hydrogen (secondary N) is 2. The number of carbonyl (C=O) groups excluding carboxylic acids is 1. The number of aromatic amines is 1. The molecule has 1 aromatic heterocycles. The molecule has 6 nitrogen and oxygen atoms in total. The Hall–Kier alpha value is -1.43. The van der Waals surface area contributed by atoms with E-state index in [9.17, 15) is 4.79 Å². The van der Waals surface area contributed by atoms with Crippen LogP contribution >= 0.6 is 0 Å². The minimum absolute atomic E-state index is 0.0326. The van der Waals surface area contributed by atoms with Gasteiger partial charge in [-0.3, -0.25) is 9.89 Å². The third kappa shape index (κ3) is 2.49. The number of H-pyrrole nitrogens is 1. The Morgan fingerprint density at radius 1 is 1.47 bits per heavy atom. The minimum Gasteiger partial charge on any atom is -0.334 e. The first kappa shape index (κ1) is 12.6. The second-order valence-electron chi connectivity index (χ2n) is 5.53. The summed E-state index contributed by atoms with van der Waals surface area (Å²) in [6.07, 6.45) is 4.27. The minimum atomic E-state index is -0.0326. The molecule has 0 unspecified atom stereocenters. The number of amides is 1. The van der Waals surface area contributed by atoms with E-state index in [-0.39, 0.29) is 5.91 Å². The van der Waals surface area contributed by atoms with Crippen LogP contribution < -0.4 is 5.32 Å². The van der Waals surface area contributed by atoms with Crippen molar-refractivity contribution in [3.05, 3.63) is 11.6 Å². The van der Waals surface area contributed by atoms with Crippen LogP contribution in [0.3, 0.4) is 0 Å². The van der Waals surface area contributed by atoms with Gasteiger partial charge in [0.15, 0.2) is 0 Å². The third-order valence-corrected chi connectivity index (χ3v) is 4.10. The molecule has 2 aliphatic heterocycles. The van der Waals surface area contributed by atoms with Crippen LogP contribution in [0.25, 0.3) is 0 Å². The van der Waals surface area contributed by atoms with E-state index in [0.717, 1.165) is 38.3 Å². The Morgan fingerprint density at radius 3 is 3.16 bits per heavy atom. The lowest BCUT2D eigenvalue weighted by Crippen LogP contribution is -2.41. The third-order valence-electron chi connectivity index (χ3n) is 4.10. The Labute approximate surface area is 113 Å². The Balaban J connectivity index is 1.66. The predicted octanol–water partition coefficient (Wildman–Crippen LogP) is 0.581. The van der Waals surface area contributed by atoms with Gasteiger partial charge in [0.2, 0.25) is 5.82 Å². The first-order valence-electron chi connectivity index (χ1n) is 7.22. The molecule has 0 saturated carbocycles. The Morgan fingerprint density at radius 2 is 2.37 bits per heavy atom. The van der Waals surface area contributed by atoms with E-state index in [2.05, 4.69) is 27.4 Å². The first-order valence-corrected chi connectivity index (χ1v) is 7.22. The van der Waals surface area contributed by atoms with E-state index in [4.69, 9.17) is 0 Å². The highest BCUT2D eigenvalue weighted by Crippen LogP contribution is 2.25. The summed E-state index contributed by atoms with van der Waals surface area (Å²) in [6.45, 7) is 4.79. The van der Waals surface area contributed by atoms with Crippen LogP contribution in [-0.2, 0) is 6.42 Å². The fourth-order valence-electron chi connectivity index (χ4n) is 3.09. The Bertz CT molecular complexity index is 444. The largest absolute Gasteiger partial charge is 0.334 e. The van der Waals surface area contributed by atoms with Crippen molar-refractivity contribution >= 4 is 5.91 Å². The summed E-state index contributed by atoms with van der Waals surface area (Å²) in [4.78, 5) is 18.5. The van der Waals surface area contributed by atoms with Crippen molar-refractivity contribution in [2.24, 2.45) is 5.92 Å². The van der Waals surface area contributed by atoms with Gasteiger partial charge in [-0.15, -0.1) is 5.10 Å². The average Bonchev–Trinajstić information content (AvgIpc) is 3.04. The van der Waals surface area contributed by atoms with Crippen molar-refractivity contribution in [2.45, 2.75) is 38.6 Å². The van der Waals surface area contributed by atoms with Gasteiger partial charge in [-0.05, 0) is 31.7 Å². The molecule has 1 aromatic rings. The number of nitrogens with zero attached hydrogens (tertiary/aromatic N) is 3. The van der Waals surface area contributed by atoms with E-state index >= 15 is 0 Å². The average molecular weight is 263 g/mol. The lowest BCUT2D eigenvalue weighted by Gasteiger charge is -2.24. The molecule has 104 valence electrons. The molecule has 2 atom stereocenters. The van der Waals surface area contributed by atoms with E-state index in [0.29, 0.717) is 17.8 Å². The van der Waals surface area contributed by atoms with Gasteiger partial charge in [-0.25, -0.2) is 4.98 Å². The maximum absolute atomic E-state index is 12.4. The lowest BCUT2D eigenvalue weighted by molar-refractivity contribution is 0.0774. The number of piperidine rings is 1. The van der Waals surface area contributed by atoms with Gasteiger partial charge in [0.25, 0.3) is 5.91 Å². The smallest absolute Gasteiger partial charge is 0.293 e. The van der Waals surface area contributed by atoms with Crippen molar-refractivity contribution in [1.29, 1.82) is 0 Å². The molecule has 2 saturated heterocycles. The van der Waals surface area contributed by atoms with Crippen molar-refractivity contribution in [1.82, 2.24) is 25.4 Å². The zero-order chi connectivity index (χ0) is 13.2. The maximum Gasteiger partial charge on any atom is 0.293 e. The molecule has 3 rings (SSSR count). The molecule has 19 heavy (non-hydrogen) atoms. The van der Waals surface area contributed by atoms with Crippen molar-refractivity contribution in [3.63, 3.8) is 0 Å². The number of aromatic nitrogens is 3. The molecule has 0 bridgehead atoms. The lowest BCUT2D eigenvalue weighted by atomic mass is 9.94. The SMILES string of the molecule is CCCc1nc(C(=O)N2C[C@@H]3CCCN[C@@H]3C2)n[nH]1. The van der Waals surface area contributed by atoms with Gasteiger partial charge in [0.1, 0.15) is 5.82 Å². The number of rotatable bonds is 3. The summed E-state index contributed by atoms with van der Waals surface area (Å²) in [5.74, 6) is 1.70. The molecule has 0 spiro atoms. The topological polar surface area (TPSA) is 73.9 Å². The fraction of sp³-hybridized carbons (Fsp3) is 0.769. The molecule has 2 fully saturated rings. The summed E-state index contributed by atoms with van der Waals surface area (Å²) in [6, 6.07) is 0.465. The normalized spacial score (nSPS) is 26.5. The summed E-state index contributed by atoms with van der Waals surface area (Å²) >= 11 is 0. The second kappa shape index (κ2) is 5.28. The maximum atomic E-state index is 12.4. The molecular weight excluding hydrogens is 242 g/mol. The molecule has 0 aliphatic carbocycles. The summed E-state index contributed by atoms with van der Waals surface area (Å²) in [7, 11) is 0. The molecule has 2 aliphatic rings. The molecule has 0 aromatic carbocycles. The van der Waals surface area contributed by atoms with Crippen molar-refractivity contribution in [2.75, 3.05) is 19.6 Å². The zero-order valence-corrected chi connectivity index (χ0v) is 11.4. The van der Waals surface area contributed by atoms with Gasteiger partial charge in [0.05, 0.1) is 0 Å². The monoisotopic (exact) mass is 263 g/mol. The summed E-state index contributed by atoms with van der Waals surface area (Å²) in [5, 5.41) is 10.4. The molecule has 6 heteroatoms. The van der Waals surface area contributed by atoms with Crippen molar-refractivity contribution < 1.29 is 4.79 Å². The number of fused-ring (bicyclic) bond motifs is 1. The molecular formula is C13H21N5O. The van der Waals surface area contributed by atoms with Gasteiger partial charge >= 0.3 is 0 Å².